The highest BCUT2D eigenvalue weighted by molar-refractivity contribution is 5.90. The van der Waals surface area contributed by atoms with Crippen LogP contribution >= 0.6 is 0 Å². The number of carboxylic acid groups (broad SMARTS) is 1. The van der Waals surface area contributed by atoms with Gasteiger partial charge in [-0.2, -0.15) is 0 Å². The van der Waals surface area contributed by atoms with Gasteiger partial charge in [-0.15, -0.1) is 0 Å². The molecular formula is C11H15N3O4. The number of carboxylic acids is 1. The van der Waals surface area contributed by atoms with Crippen LogP contribution in [0.15, 0.2) is 18.2 Å². The Morgan fingerprint density at radius 3 is 2.67 bits per heavy atom. The minimum absolute atomic E-state index is 0.128. The Hall–Kier alpha value is -2.28. The summed E-state index contributed by atoms with van der Waals surface area (Å²) in [6.45, 7) is 0.599. The van der Waals surface area contributed by atoms with E-state index < -0.39 is 11.9 Å². The molecule has 0 fully saturated rings. The highest BCUT2D eigenvalue weighted by Crippen LogP contribution is 2.19. The number of nitrogens with one attached hydrogen (secondary N) is 1. The molecule has 0 heterocycles. The maximum absolute atomic E-state index is 10.7. The number of benzene rings is 1. The molecule has 1 aromatic carbocycles. The van der Waals surface area contributed by atoms with Gasteiger partial charge in [0.25, 0.3) is 0 Å². The summed E-state index contributed by atoms with van der Waals surface area (Å²) in [6.07, 6.45) is 0. The third-order valence-electron chi connectivity index (χ3n) is 2.10. The van der Waals surface area contributed by atoms with Gasteiger partial charge in [0.1, 0.15) is 6.61 Å². The maximum Gasteiger partial charge on any atom is 0.335 e. The Morgan fingerprint density at radius 1 is 1.39 bits per heavy atom. The fourth-order valence-electron chi connectivity index (χ4n) is 1.29. The third kappa shape index (κ3) is 4.30. The van der Waals surface area contributed by atoms with Gasteiger partial charge < -0.3 is 26.6 Å². The maximum atomic E-state index is 10.7. The smallest absolute Gasteiger partial charge is 0.335 e. The Bertz CT molecular complexity index is 448. The Kier molecular flexibility index (Phi) is 4.94. The molecule has 98 valence electrons. The lowest BCUT2D eigenvalue weighted by atomic mass is 10.2. The molecule has 0 bridgehead atoms. The number of ether oxygens (including phenoxy) is 1. The van der Waals surface area contributed by atoms with Crippen LogP contribution in [0.2, 0.25) is 0 Å². The molecule has 0 aliphatic carbocycles. The molecule has 0 unspecified atom stereocenters. The summed E-state index contributed by atoms with van der Waals surface area (Å²) in [5.41, 5.74) is 11.7. The summed E-state index contributed by atoms with van der Waals surface area (Å²) < 4.78 is 4.95. The van der Waals surface area contributed by atoms with Gasteiger partial charge in [0.15, 0.2) is 0 Å². The zero-order valence-corrected chi connectivity index (χ0v) is 9.68. The minimum atomic E-state index is -1.03. The van der Waals surface area contributed by atoms with Crippen molar-refractivity contribution in [2.75, 3.05) is 30.8 Å². The van der Waals surface area contributed by atoms with E-state index in [9.17, 15) is 9.59 Å². The first-order valence-corrected chi connectivity index (χ1v) is 5.23. The number of carbonyl (C=O) groups excluding carboxylic acids is 1. The van der Waals surface area contributed by atoms with E-state index in [4.69, 9.17) is 21.3 Å². The summed E-state index contributed by atoms with van der Waals surface area (Å²) in [5, 5.41) is 11.7. The van der Waals surface area contributed by atoms with E-state index in [0.29, 0.717) is 24.5 Å². The van der Waals surface area contributed by atoms with Crippen LogP contribution in [-0.2, 0) is 9.53 Å². The van der Waals surface area contributed by atoms with Crippen LogP contribution in [0.25, 0.3) is 0 Å². The van der Waals surface area contributed by atoms with Crippen molar-refractivity contribution in [2.45, 2.75) is 0 Å². The molecule has 6 N–H and O–H groups in total. The van der Waals surface area contributed by atoms with Gasteiger partial charge in [-0.25, -0.2) is 4.79 Å². The van der Waals surface area contributed by atoms with Crippen LogP contribution in [0.3, 0.4) is 0 Å². The summed E-state index contributed by atoms with van der Waals surface area (Å²) in [4.78, 5) is 21.1. The fourth-order valence-corrected chi connectivity index (χ4v) is 1.29. The van der Waals surface area contributed by atoms with Crippen molar-refractivity contribution < 1.29 is 19.4 Å². The van der Waals surface area contributed by atoms with E-state index in [0.717, 1.165) is 0 Å². The van der Waals surface area contributed by atoms with Crippen LogP contribution < -0.4 is 16.8 Å². The van der Waals surface area contributed by atoms with E-state index in [1.165, 1.54) is 12.1 Å². The standard InChI is InChI=1S/C11H15N3O4/c12-8-5-7(11(16)17)1-2-9(8)14-3-4-18-6-10(13)15/h1-2,5,14H,3-4,6,12H2,(H2,13,15)(H,16,17). The van der Waals surface area contributed by atoms with Crippen LogP contribution in [0.4, 0.5) is 11.4 Å². The molecule has 7 heteroatoms. The lowest BCUT2D eigenvalue weighted by Gasteiger charge is -2.09. The van der Waals surface area contributed by atoms with Crippen molar-refractivity contribution in [3.63, 3.8) is 0 Å². The first-order chi connectivity index (χ1) is 8.50. The Balaban J connectivity index is 2.43. The molecule has 1 amide bonds. The minimum Gasteiger partial charge on any atom is -0.478 e. The second kappa shape index (κ2) is 6.45. The van der Waals surface area contributed by atoms with Gasteiger partial charge >= 0.3 is 5.97 Å². The van der Waals surface area contributed by atoms with Gasteiger partial charge in [-0.05, 0) is 18.2 Å². The number of aromatic carboxylic acids is 1. The molecule has 1 aromatic rings. The highest BCUT2D eigenvalue weighted by Gasteiger charge is 2.05. The number of rotatable bonds is 7. The SMILES string of the molecule is NC(=O)COCCNc1ccc(C(=O)O)cc1N. The topological polar surface area (TPSA) is 128 Å². The normalized spacial score (nSPS) is 10.0. The predicted octanol–water partition coefficient (Wildman–Crippen LogP) is -0.119. The zero-order valence-electron chi connectivity index (χ0n) is 9.68. The molecule has 0 aliphatic rings. The number of nitrogens with two attached hydrogens (primary N) is 2. The average molecular weight is 253 g/mol. The number of hydrogen-bond acceptors (Lipinski definition) is 5. The van der Waals surface area contributed by atoms with Crippen molar-refractivity contribution in [1.82, 2.24) is 0 Å². The van der Waals surface area contributed by atoms with E-state index in [2.05, 4.69) is 5.32 Å². The number of hydrogen-bond donors (Lipinski definition) is 4. The number of primary amides is 1. The quantitative estimate of drug-likeness (QED) is 0.396. The predicted molar refractivity (Wildman–Crippen MR) is 66.3 cm³/mol. The first kappa shape index (κ1) is 13.8. The van der Waals surface area contributed by atoms with Crippen molar-refractivity contribution in [2.24, 2.45) is 5.73 Å². The molecule has 0 saturated carbocycles. The molecule has 0 aromatic heterocycles. The molecule has 7 nitrogen and oxygen atoms in total. The largest absolute Gasteiger partial charge is 0.478 e. The second-order valence-corrected chi connectivity index (χ2v) is 3.55. The highest BCUT2D eigenvalue weighted by atomic mass is 16.5. The Labute approximate surface area is 104 Å². The van der Waals surface area contributed by atoms with Crippen molar-refractivity contribution >= 4 is 23.3 Å². The van der Waals surface area contributed by atoms with Crippen LogP contribution in [0.5, 0.6) is 0 Å². The van der Waals surface area contributed by atoms with Crippen molar-refractivity contribution in [1.29, 1.82) is 0 Å². The third-order valence-corrected chi connectivity index (χ3v) is 2.10. The Morgan fingerprint density at radius 2 is 2.11 bits per heavy atom. The summed E-state index contributed by atoms with van der Waals surface area (Å²) in [6, 6.07) is 4.40. The molecule has 0 atom stereocenters. The van der Waals surface area contributed by atoms with Crippen LogP contribution in [0.1, 0.15) is 10.4 Å². The summed E-state index contributed by atoms with van der Waals surface area (Å²) >= 11 is 0. The van der Waals surface area contributed by atoms with E-state index in [1.807, 2.05) is 0 Å². The fraction of sp³-hybridized carbons (Fsp3) is 0.273. The summed E-state index contributed by atoms with van der Waals surface area (Å²) in [5.74, 6) is -1.56. The van der Waals surface area contributed by atoms with Crippen molar-refractivity contribution in [3.8, 4) is 0 Å². The van der Waals surface area contributed by atoms with Gasteiger partial charge in [0.05, 0.1) is 23.5 Å². The zero-order chi connectivity index (χ0) is 13.5. The van der Waals surface area contributed by atoms with Crippen molar-refractivity contribution in [3.05, 3.63) is 23.8 Å². The second-order valence-electron chi connectivity index (χ2n) is 3.55. The molecule has 0 aliphatic heterocycles. The van der Waals surface area contributed by atoms with Gasteiger partial charge in [0.2, 0.25) is 5.91 Å². The number of anilines is 2. The van der Waals surface area contributed by atoms with E-state index >= 15 is 0 Å². The monoisotopic (exact) mass is 253 g/mol. The van der Waals surface area contributed by atoms with Gasteiger partial charge in [0, 0.05) is 6.54 Å². The summed E-state index contributed by atoms with van der Waals surface area (Å²) in [7, 11) is 0. The molecule has 0 radical (unpaired) electrons. The molecule has 0 saturated heterocycles. The van der Waals surface area contributed by atoms with Gasteiger partial charge in [-0.1, -0.05) is 0 Å². The number of carbonyl (C=O) groups is 2. The number of nitrogen functional groups attached to an aromatic ring is 1. The van der Waals surface area contributed by atoms with Crippen LogP contribution in [0, 0.1) is 0 Å². The molecular weight excluding hydrogens is 238 g/mol. The molecule has 0 spiro atoms. The first-order valence-electron chi connectivity index (χ1n) is 5.23. The molecule has 18 heavy (non-hydrogen) atoms. The lowest BCUT2D eigenvalue weighted by Crippen LogP contribution is -2.20. The number of amides is 1. The van der Waals surface area contributed by atoms with E-state index in [1.54, 1.807) is 6.07 Å². The lowest BCUT2D eigenvalue weighted by molar-refractivity contribution is -0.122. The van der Waals surface area contributed by atoms with Crippen LogP contribution in [-0.4, -0.2) is 36.7 Å². The van der Waals surface area contributed by atoms with Gasteiger partial charge in [-0.3, -0.25) is 4.79 Å². The van der Waals surface area contributed by atoms with E-state index in [-0.39, 0.29) is 12.2 Å². The average Bonchev–Trinajstić information content (AvgIpc) is 2.29. The molecule has 1 rings (SSSR count).